The molecule has 0 bridgehead atoms. The fourth-order valence-corrected chi connectivity index (χ4v) is 2.61. The number of allylic oxidation sites excluding steroid dienone is 1. The molecule has 0 saturated carbocycles. The number of pyridine rings is 1. The predicted molar refractivity (Wildman–Crippen MR) is 92.4 cm³/mol. The molecule has 0 unspecified atom stereocenters. The lowest BCUT2D eigenvalue weighted by Crippen LogP contribution is -2.29. The van der Waals surface area contributed by atoms with Gasteiger partial charge in [0.1, 0.15) is 0 Å². The SMILES string of the molecule is C=CCn1c(C)cc(=O)c(O)c1CN(CCCC)CCCC. The maximum absolute atomic E-state index is 11.9. The highest BCUT2D eigenvalue weighted by atomic mass is 16.3. The van der Waals surface area contributed by atoms with Gasteiger partial charge in [0.2, 0.25) is 5.43 Å². The maximum Gasteiger partial charge on any atom is 0.223 e. The lowest BCUT2D eigenvalue weighted by molar-refractivity contribution is 0.245. The van der Waals surface area contributed by atoms with E-state index in [4.69, 9.17) is 0 Å². The zero-order chi connectivity index (χ0) is 16.5. The number of rotatable bonds is 10. The van der Waals surface area contributed by atoms with E-state index in [1.54, 1.807) is 6.08 Å². The van der Waals surface area contributed by atoms with Gasteiger partial charge < -0.3 is 9.67 Å². The average Bonchev–Trinajstić information content (AvgIpc) is 2.50. The van der Waals surface area contributed by atoms with Crippen molar-refractivity contribution < 1.29 is 5.11 Å². The predicted octanol–water partition coefficient (Wildman–Crippen LogP) is 3.45. The van der Waals surface area contributed by atoms with Crippen molar-refractivity contribution in [3.8, 4) is 5.75 Å². The number of aryl methyl sites for hydroxylation is 1. The first kappa shape index (κ1) is 18.5. The van der Waals surface area contributed by atoms with Crippen LogP contribution in [0.25, 0.3) is 0 Å². The molecule has 4 heteroatoms. The van der Waals surface area contributed by atoms with Crippen LogP contribution in [-0.2, 0) is 13.1 Å². The summed E-state index contributed by atoms with van der Waals surface area (Å²) >= 11 is 0. The molecule has 1 aromatic rings. The zero-order valence-corrected chi connectivity index (χ0v) is 14.3. The molecular weight excluding hydrogens is 276 g/mol. The normalized spacial score (nSPS) is 11.1. The average molecular weight is 306 g/mol. The number of unbranched alkanes of at least 4 members (excludes halogenated alkanes) is 2. The summed E-state index contributed by atoms with van der Waals surface area (Å²) in [7, 11) is 0. The van der Waals surface area contributed by atoms with E-state index >= 15 is 0 Å². The largest absolute Gasteiger partial charge is 0.503 e. The second-order valence-electron chi connectivity index (χ2n) is 5.83. The fraction of sp³-hybridized carbons (Fsp3) is 0.611. The molecule has 0 aliphatic heterocycles. The van der Waals surface area contributed by atoms with Crippen LogP contribution in [0.3, 0.4) is 0 Å². The van der Waals surface area contributed by atoms with Gasteiger partial charge in [-0.2, -0.15) is 0 Å². The second-order valence-corrected chi connectivity index (χ2v) is 5.83. The summed E-state index contributed by atoms with van der Waals surface area (Å²) < 4.78 is 1.98. The van der Waals surface area contributed by atoms with E-state index in [0.717, 1.165) is 44.5 Å². The first-order valence-corrected chi connectivity index (χ1v) is 8.30. The Morgan fingerprint density at radius 3 is 2.36 bits per heavy atom. The Kier molecular flexibility index (Phi) is 7.96. The van der Waals surface area contributed by atoms with Gasteiger partial charge in [0.05, 0.1) is 5.69 Å². The van der Waals surface area contributed by atoms with Crippen LogP contribution < -0.4 is 5.43 Å². The minimum atomic E-state index is -0.293. The van der Waals surface area contributed by atoms with Crippen LogP contribution >= 0.6 is 0 Å². The van der Waals surface area contributed by atoms with Crippen LogP contribution in [0.1, 0.15) is 50.9 Å². The summed E-state index contributed by atoms with van der Waals surface area (Å²) in [5.41, 5.74) is 1.28. The Labute approximate surface area is 134 Å². The van der Waals surface area contributed by atoms with Crippen molar-refractivity contribution in [3.63, 3.8) is 0 Å². The van der Waals surface area contributed by atoms with Crippen LogP contribution in [0.4, 0.5) is 0 Å². The van der Waals surface area contributed by atoms with Crippen molar-refractivity contribution in [1.29, 1.82) is 0 Å². The zero-order valence-electron chi connectivity index (χ0n) is 14.3. The maximum atomic E-state index is 11.9. The van der Waals surface area contributed by atoms with E-state index < -0.39 is 0 Å². The third-order valence-corrected chi connectivity index (χ3v) is 3.94. The summed E-state index contributed by atoms with van der Waals surface area (Å²) in [5, 5.41) is 10.2. The quantitative estimate of drug-likeness (QED) is 0.673. The Bertz CT molecular complexity index is 527. The van der Waals surface area contributed by atoms with E-state index in [-0.39, 0.29) is 11.2 Å². The van der Waals surface area contributed by atoms with E-state index in [1.807, 2.05) is 11.5 Å². The summed E-state index contributed by atoms with van der Waals surface area (Å²) in [6.45, 7) is 13.2. The van der Waals surface area contributed by atoms with E-state index in [1.165, 1.54) is 6.07 Å². The minimum absolute atomic E-state index is 0.120. The number of nitrogens with zero attached hydrogens (tertiary/aromatic N) is 2. The second kappa shape index (κ2) is 9.46. The van der Waals surface area contributed by atoms with Gasteiger partial charge in [-0.1, -0.05) is 32.8 Å². The number of aromatic hydroxyl groups is 1. The lowest BCUT2D eigenvalue weighted by Gasteiger charge is -2.25. The summed E-state index contributed by atoms with van der Waals surface area (Å²) in [6, 6.07) is 1.49. The first-order valence-electron chi connectivity index (χ1n) is 8.30. The van der Waals surface area contributed by atoms with Crippen LogP contribution in [0.2, 0.25) is 0 Å². The van der Waals surface area contributed by atoms with Crippen LogP contribution in [0, 0.1) is 6.92 Å². The molecule has 124 valence electrons. The Balaban J connectivity index is 3.09. The summed E-state index contributed by atoms with van der Waals surface area (Å²) in [6.07, 6.45) is 6.33. The molecule has 0 atom stereocenters. The Morgan fingerprint density at radius 1 is 1.27 bits per heavy atom. The molecule has 1 N–H and O–H groups in total. The van der Waals surface area contributed by atoms with Gasteiger partial charge in [-0.05, 0) is 32.9 Å². The smallest absolute Gasteiger partial charge is 0.223 e. The lowest BCUT2D eigenvalue weighted by atomic mass is 10.2. The van der Waals surface area contributed by atoms with Crippen LogP contribution in [0.15, 0.2) is 23.5 Å². The Hall–Kier alpha value is -1.55. The molecule has 0 spiro atoms. The van der Waals surface area contributed by atoms with Crippen molar-refractivity contribution in [2.24, 2.45) is 0 Å². The van der Waals surface area contributed by atoms with Crippen molar-refractivity contribution in [2.45, 2.75) is 59.5 Å². The topological polar surface area (TPSA) is 45.5 Å². The highest BCUT2D eigenvalue weighted by molar-refractivity contribution is 5.30. The molecule has 4 nitrogen and oxygen atoms in total. The molecule has 0 aliphatic carbocycles. The van der Waals surface area contributed by atoms with Gasteiger partial charge in [-0.15, -0.1) is 6.58 Å². The molecule has 0 aromatic carbocycles. The molecule has 0 aliphatic rings. The van der Waals surface area contributed by atoms with Crippen molar-refractivity contribution in [2.75, 3.05) is 13.1 Å². The highest BCUT2D eigenvalue weighted by Gasteiger charge is 2.15. The third kappa shape index (κ3) is 5.02. The number of aromatic nitrogens is 1. The van der Waals surface area contributed by atoms with E-state index in [2.05, 4.69) is 25.3 Å². The molecule has 0 radical (unpaired) electrons. The van der Waals surface area contributed by atoms with Crippen molar-refractivity contribution >= 4 is 0 Å². The van der Waals surface area contributed by atoms with Crippen molar-refractivity contribution in [1.82, 2.24) is 9.47 Å². The van der Waals surface area contributed by atoms with Gasteiger partial charge in [-0.3, -0.25) is 9.69 Å². The molecule has 0 saturated heterocycles. The monoisotopic (exact) mass is 306 g/mol. The molecule has 1 heterocycles. The molecule has 0 fully saturated rings. The first-order chi connectivity index (χ1) is 10.5. The fourth-order valence-electron chi connectivity index (χ4n) is 2.61. The molecule has 22 heavy (non-hydrogen) atoms. The van der Waals surface area contributed by atoms with Gasteiger partial charge in [0.15, 0.2) is 5.75 Å². The standard InChI is InChI=1S/C18H30N2O2/c1-5-8-11-19(12-9-6-2)14-16-18(22)17(21)13-15(4)20(16)10-7-3/h7,13,22H,3,5-6,8-12,14H2,1-2,4H3. The number of hydrogen-bond donors (Lipinski definition) is 1. The Morgan fingerprint density at radius 2 is 1.86 bits per heavy atom. The van der Waals surface area contributed by atoms with Gasteiger partial charge >= 0.3 is 0 Å². The minimum Gasteiger partial charge on any atom is -0.503 e. The van der Waals surface area contributed by atoms with Gasteiger partial charge in [-0.25, -0.2) is 0 Å². The summed E-state index contributed by atoms with van der Waals surface area (Å²) in [5.74, 6) is -0.120. The number of hydrogen-bond acceptors (Lipinski definition) is 3. The highest BCUT2D eigenvalue weighted by Crippen LogP contribution is 2.18. The van der Waals surface area contributed by atoms with Gasteiger partial charge in [0, 0.05) is 24.8 Å². The molecule has 1 rings (SSSR count). The molecule has 1 aromatic heterocycles. The third-order valence-electron chi connectivity index (χ3n) is 3.94. The van der Waals surface area contributed by atoms with Crippen molar-refractivity contribution in [3.05, 3.63) is 40.3 Å². The van der Waals surface area contributed by atoms with E-state index in [9.17, 15) is 9.90 Å². The summed E-state index contributed by atoms with van der Waals surface area (Å²) in [4.78, 5) is 14.3. The van der Waals surface area contributed by atoms with Crippen LogP contribution in [0.5, 0.6) is 5.75 Å². The molecular formula is C18H30N2O2. The molecule has 0 amide bonds. The van der Waals surface area contributed by atoms with E-state index in [0.29, 0.717) is 18.8 Å². The van der Waals surface area contributed by atoms with Gasteiger partial charge in [0.25, 0.3) is 0 Å². The van der Waals surface area contributed by atoms with Crippen LogP contribution in [-0.4, -0.2) is 27.7 Å².